The molecule has 12 nitrogen and oxygen atoms in total. The van der Waals surface area contributed by atoms with Gasteiger partial charge >= 0.3 is 6.09 Å². The maximum absolute atomic E-state index is 12.6. The Hall–Kier alpha value is -3.84. The molecule has 1 unspecified atom stereocenters. The van der Waals surface area contributed by atoms with Crippen molar-refractivity contribution in [1.29, 1.82) is 0 Å². The van der Waals surface area contributed by atoms with E-state index >= 15 is 0 Å². The summed E-state index contributed by atoms with van der Waals surface area (Å²) in [7, 11) is -4.75. The van der Waals surface area contributed by atoms with Crippen molar-refractivity contribution in [3.8, 4) is 5.75 Å². The van der Waals surface area contributed by atoms with Gasteiger partial charge in [0.25, 0.3) is 16.0 Å². The number of phenols is 1. The highest BCUT2D eigenvalue weighted by Crippen LogP contribution is 2.38. The number of hydrogen-bond donors (Lipinski definition) is 4. The molecule has 2 aromatic rings. The normalized spacial score (nSPS) is 16.7. The highest BCUT2D eigenvalue weighted by molar-refractivity contribution is 7.85. The molecule has 1 aliphatic rings. The van der Waals surface area contributed by atoms with Crippen LogP contribution in [-0.4, -0.2) is 46.9 Å². The Bertz CT molecular complexity index is 1180. The van der Waals surface area contributed by atoms with Crippen LogP contribution in [0.15, 0.2) is 62.7 Å². The lowest BCUT2D eigenvalue weighted by Gasteiger charge is -2.12. The lowest BCUT2D eigenvalue weighted by molar-refractivity contribution is -0.117. The molecule has 13 heteroatoms. The van der Waals surface area contributed by atoms with Crippen molar-refractivity contribution in [2.45, 2.75) is 17.9 Å². The zero-order chi connectivity index (χ0) is 22.1. The Morgan fingerprint density at radius 1 is 1.23 bits per heavy atom. The Morgan fingerprint density at radius 3 is 2.50 bits per heavy atom. The fourth-order valence-corrected chi connectivity index (χ4v) is 3.12. The van der Waals surface area contributed by atoms with Crippen LogP contribution in [0.4, 0.5) is 21.9 Å². The number of rotatable bonds is 5. The maximum Gasteiger partial charge on any atom is 0.409 e. The van der Waals surface area contributed by atoms with Gasteiger partial charge in [0.1, 0.15) is 5.69 Å². The van der Waals surface area contributed by atoms with Gasteiger partial charge in [0.2, 0.25) is 0 Å². The zero-order valence-corrected chi connectivity index (χ0v) is 16.1. The van der Waals surface area contributed by atoms with Gasteiger partial charge in [-0.15, -0.1) is 0 Å². The van der Waals surface area contributed by atoms with E-state index in [1.807, 2.05) is 0 Å². The van der Waals surface area contributed by atoms with E-state index in [2.05, 4.69) is 15.3 Å². The minimum absolute atomic E-state index is 0.293. The zero-order valence-electron chi connectivity index (χ0n) is 15.3. The fraction of sp³-hybridized carbons (Fsp3) is 0.118. The molecule has 1 aliphatic heterocycles. The standard InChI is InChI=1S/C17H15N5O7S/c1-9-14(16(24)22(21-9)10-5-3-2-4-6-10)20-19-13-8-11(30(27,28)29)7-12(15(13)23)18-17(25)26/h2-8,14,18,23H,1H3,(H,25,26)(H,27,28,29). The molecule has 0 radical (unpaired) electrons. The Kier molecular flexibility index (Phi) is 5.49. The third-order valence-corrected chi connectivity index (χ3v) is 4.81. The second-order valence-electron chi connectivity index (χ2n) is 6.09. The van der Waals surface area contributed by atoms with E-state index in [1.165, 1.54) is 6.92 Å². The quantitative estimate of drug-likeness (QED) is 0.317. The van der Waals surface area contributed by atoms with Crippen LogP contribution in [0.3, 0.4) is 0 Å². The number of hydrazone groups is 1. The van der Waals surface area contributed by atoms with Gasteiger partial charge in [-0.1, -0.05) is 18.2 Å². The third-order valence-electron chi connectivity index (χ3n) is 3.98. The van der Waals surface area contributed by atoms with Gasteiger partial charge in [0, 0.05) is 0 Å². The first kappa shape index (κ1) is 20.9. The Morgan fingerprint density at radius 2 is 1.90 bits per heavy atom. The molecule has 0 bridgehead atoms. The summed E-state index contributed by atoms with van der Waals surface area (Å²) >= 11 is 0. The molecule has 3 rings (SSSR count). The smallest absolute Gasteiger partial charge is 0.409 e. The van der Waals surface area contributed by atoms with Crippen LogP contribution in [0.5, 0.6) is 5.75 Å². The minimum Gasteiger partial charge on any atom is -0.504 e. The highest BCUT2D eigenvalue weighted by atomic mass is 32.2. The number of phenolic OH excluding ortho intramolecular Hbond substituents is 1. The van der Waals surface area contributed by atoms with Gasteiger partial charge in [-0.2, -0.15) is 28.8 Å². The summed E-state index contributed by atoms with van der Waals surface area (Å²) in [5.41, 5.74) is -0.223. The summed E-state index contributed by atoms with van der Waals surface area (Å²) < 4.78 is 32.1. The predicted octanol–water partition coefficient (Wildman–Crippen LogP) is 2.60. The first-order valence-electron chi connectivity index (χ1n) is 8.27. The van der Waals surface area contributed by atoms with Crippen LogP contribution >= 0.6 is 0 Å². The molecule has 2 aromatic carbocycles. The lowest BCUT2D eigenvalue weighted by Crippen LogP contribution is -2.29. The second-order valence-corrected chi connectivity index (χ2v) is 7.51. The van der Waals surface area contributed by atoms with Crippen molar-refractivity contribution in [2.24, 2.45) is 15.3 Å². The molecule has 30 heavy (non-hydrogen) atoms. The number of benzene rings is 2. The molecule has 0 aliphatic carbocycles. The fourth-order valence-electron chi connectivity index (χ4n) is 2.59. The first-order chi connectivity index (χ1) is 14.1. The number of carbonyl (C=O) groups is 2. The number of carboxylic acid groups (broad SMARTS) is 1. The van der Waals surface area contributed by atoms with Gasteiger partial charge < -0.3 is 10.2 Å². The van der Waals surface area contributed by atoms with Crippen molar-refractivity contribution in [2.75, 3.05) is 10.3 Å². The SMILES string of the molecule is CC1=NN(c2ccccc2)C(=O)C1N=Nc1cc(S(=O)(=O)O)cc(NC(=O)O)c1O. The average Bonchev–Trinajstić information content (AvgIpc) is 2.96. The summed E-state index contributed by atoms with van der Waals surface area (Å²) in [6.45, 7) is 1.54. The molecule has 0 aromatic heterocycles. The van der Waals surface area contributed by atoms with Gasteiger partial charge in [-0.05, 0) is 31.2 Å². The number of amides is 2. The van der Waals surface area contributed by atoms with E-state index in [0.717, 1.165) is 11.1 Å². The number of hydrogen-bond acceptors (Lipinski definition) is 8. The Balaban J connectivity index is 1.96. The largest absolute Gasteiger partial charge is 0.504 e. The second kappa shape index (κ2) is 7.88. The summed E-state index contributed by atoms with van der Waals surface area (Å²) in [6.07, 6.45) is -1.59. The van der Waals surface area contributed by atoms with Gasteiger partial charge in [-0.25, -0.2) is 4.79 Å². The van der Waals surface area contributed by atoms with Gasteiger partial charge in [0.05, 0.1) is 22.0 Å². The van der Waals surface area contributed by atoms with Crippen molar-refractivity contribution in [3.05, 3.63) is 42.5 Å². The predicted molar refractivity (Wildman–Crippen MR) is 105 cm³/mol. The van der Waals surface area contributed by atoms with E-state index in [1.54, 1.807) is 35.6 Å². The summed E-state index contributed by atoms with van der Waals surface area (Å²) in [5, 5.41) is 33.6. The molecular formula is C17H15N5O7S. The van der Waals surface area contributed by atoms with Crippen LogP contribution in [0, 0.1) is 0 Å². The van der Waals surface area contributed by atoms with Gasteiger partial charge in [0.15, 0.2) is 11.8 Å². The first-order valence-corrected chi connectivity index (χ1v) is 9.71. The molecule has 2 amide bonds. The molecule has 1 heterocycles. The number of anilines is 2. The highest BCUT2D eigenvalue weighted by Gasteiger charge is 2.34. The van der Waals surface area contributed by atoms with Crippen LogP contribution < -0.4 is 10.3 Å². The van der Waals surface area contributed by atoms with Gasteiger partial charge in [-0.3, -0.25) is 14.7 Å². The van der Waals surface area contributed by atoms with Crippen LogP contribution in [0.1, 0.15) is 6.92 Å². The van der Waals surface area contributed by atoms with E-state index in [4.69, 9.17) is 5.11 Å². The Labute approximate surface area is 169 Å². The van der Waals surface area contributed by atoms with E-state index in [-0.39, 0.29) is 0 Å². The maximum atomic E-state index is 12.6. The molecule has 156 valence electrons. The van der Waals surface area contributed by atoms with Crippen molar-refractivity contribution in [3.63, 3.8) is 0 Å². The number of nitrogens with one attached hydrogen (secondary N) is 1. The monoisotopic (exact) mass is 433 g/mol. The summed E-state index contributed by atoms with van der Waals surface area (Å²) in [4.78, 5) is 22.8. The van der Waals surface area contributed by atoms with E-state index < -0.39 is 50.2 Å². The molecule has 0 saturated carbocycles. The van der Waals surface area contributed by atoms with Crippen LogP contribution in [-0.2, 0) is 14.9 Å². The lowest BCUT2D eigenvalue weighted by atomic mass is 10.2. The van der Waals surface area contributed by atoms with E-state index in [0.29, 0.717) is 17.5 Å². The molecular weight excluding hydrogens is 418 g/mol. The molecule has 0 fully saturated rings. The van der Waals surface area contributed by atoms with E-state index in [9.17, 15) is 27.7 Å². The topological polar surface area (TPSA) is 181 Å². The minimum atomic E-state index is -4.75. The number of aromatic hydroxyl groups is 1. The number of nitrogens with zero attached hydrogens (tertiary/aromatic N) is 4. The molecule has 0 spiro atoms. The van der Waals surface area contributed by atoms with Crippen LogP contribution in [0.25, 0.3) is 0 Å². The summed E-state index contributed by atoms with van der Waals surface area (Å²) in [6, 6.07) is 8.89. The average molecular weight is 433 g/mol. The van der Waals surface area contributed by atoms with Crippen molar-refractivity contribution >= 4 is 44.9 Å². The molecule has 4 N–H and O–H groups in total. The number of para-hydroxylation sites is 1. The third kappa shape index (κ3) is 4.26. The number of azo groups is 1. The van der Waals surface area contributed by atoms with Crippen molar-refractivity contribution < 1.29 is 32.8 Å². The number of carbonyl (C=O) groups excluding carboxylic acids is 1. The summed E-state index contributed by atoms with van der Waals surface area (Å²) in [5.74, 6) is -1.27. The molecule has 1 atom stereocenters. The van der Waals surface area contributed by atoms with Crippen molar-refractivity contribution in [1.82, 2.24) is 0 Å². The van der Waals surface area contributed by atoms with Crippen LogP contribution in [0.2, 0.25) is 0 Å². The molecule has 0 saturated heterocycles.